The second-order valence-electron chi connectivity index (χ2n) is 4.35. The lowest BCUT2D eigenvalue weighted by Gasteiger charge is -2.18. The Kier molecular flexibility index (Phi) is 7.50. The second kappa shape index (κ2) is 8.32. The van der Waals surface area contributed by atoms with Crippen LogP contribution in [0.15, 0.2) is 0 Å². The van der Waals surface area contributed by atoms with Gasteiger partial charge in [-0.15, -0.1) is 0 Å². The van der Waals surface area contributed by atoms with Gasteiger partial charge in [-0.2, -0.15) is 0 Å². The Morgan fingerprint density at radius 2 is 1.94 bits per heavy atom. The van der Waals surface area contributed by atoms with E-state index in [2.05, 4.69) is 16.0 Å². The predicted molar refractivity (Wildman–Crippen MR) is 72.4 cm³/mol. The van der Waals surface area contributed by atoms with Crippen LogP contribution in [0.2, 0.25) is 0 Å². The number of amides is 1. The number of guanidine groups is 2. The number of hydrogen-bond donors (Lipinski definition) is 6. The molecule has 0 saturated heterocycles. The molecule has 0 saturated carbocycles. The molecule has 0 rings (SSSR count). The van der Waals surface area contributed by atoms with E-state index < -0.39 is 0 Å². The highest BCUT2D eigenvalue weighted by Gasteiger charge is 2.16. The zero-order valence-electron chi connectivity index (χ0n) is 11.3. The zero-order valence-corrected chi connectivity index (χ0v) is 11.3. The lowest BCUT2D eigenvalue weighted by atomic mass is 9.93. The molecule has 0 spiro atoms. The number of nitrogens with one attached hydrogen (secondary N) is 5. The topological polar surface area (TPSA) is 127 Å². The lowest BCUT2D eigenvalue weighted by molar-refractivity contribution is -0.122. The first-order chi connectivity index (χ1) is 8.40. The Labute approximate surface area is 108 Å². The summed E-state index contributed by atoms with van der Waals surface area (Å²) in [5, 5.41) is 22.8. The molecule has 0 bridgehead atoms. The molecule has 2 unspecified atom stereocenters. The molecule has 0 aromatic carbocycles. The average molecular weight is 256 g/mol. The van der Waals surface area contributed by atoms with Crippen molar-refractivity contribution >= 4 is 17.8 Å². The van der Waals surface area contributed by atoms with Crippen LogP contribution < -0.4 is 21.7 Å². The van der Waals surface area contributed by atoms with Crippen molar-refractivity contribution < 1.29 is 4.79 Å². The third kappa shape index (κ3) is 6.72. The fourth-order valence-electron chi connectivity index (χ4n) is 1.56. The van der Waals surface area contributed by atoms with E-state index in [-0.39, 0.29) is 29.7 Å². The van der Waals surface area contributed by atoms with Gasteiger partial charge in [0.05, 0.1) is 0 Å². The highest BCUT2D eigenvalue weighted by atomic mass is 16.1. The molecule has 2 atom stereocenters. The van der Waals surface area contributed by atoms with Gasteiger partial charge in [0, 0.05) is 19.5 Å². The Balaban J connectivity index is 3.95. The van der Waals surface area contributed by atoms with Gasteiger partial charge in [-0.1, -0.05) is 13.8 Å². The summed E-state index contributed by atoms with van der Waals surface area (Å²) in [6.07, 6.45) is 1.44. The highest BCUT2D eigenvalue weighted by molar-refractivity contribution is 5.95. The molecule has 0 fully saturated rings. The van der Waals surface area contributed by atoms with E-state index in [0.717, 1.165) is 6.42 Å². The Morgan fingerprint density at radius 3 is 2.39 bits per heavy atom. The Hall–Kier alpha value is -1.79. The van der Waals surface area contributed by atoms with Crippen molar-refractivity contribution in [2.45, 2.75) is 26.7 Å². The molecule has 18 heavy (non-hydrogen) atoms. The summed E-state index contributed by atoms with van der Waals surface area (Å²) in [4.78, 5) is 11.1. The minimum Gasteiger partial charge on any atom is -0.369 e. The maximum atomic E-state index is 11.1. The minimum atomic E-state index is -0.269. The number of nitrogens with two attached hydrogens (primary N) is 1. The monoisotopic (exact) mass is 256 g/mol. The maximum Gasteiger partial charge on any atom is 0.220 e. The van der Waals surface area contributed by atoms with Crippen molar-refractivity contribution in [3.63, 3.8) is 0 Å². The van der Waals surface area contributed by atoms with Crippen molar-refractivity contribution in [3.8, 4) is 0 Å². The molecule has 7 nitrogen and oxygen atoms in total. The van der Waals surface area contributed by atoms with Gasteiger partial charge >= 0.3 is 0 Å². The van der Waals surface area contributed by atoms with Crippen molar-refractivity contribution in [1.29, 1.82) is 10.8 Å². The van der Waals surface area contributed by atoms with Gasteiger partial charge in [-0.3, -0.25) is 20.9 Å². The van der Waals surface area contributed by atoms with E-state index >= 15 is 0 Å². The van der Waals surface area contributed by atoms with Crippen LogP contribution in [0.3, 0.4) is 0 Å². The van der Waals surface area contributed by atoms with Crippen LogP contribution in [-0.4, -0.2) is 31.4 Å². The molecule has 7 N–H and O–H groups in total. The summed E-state index contributed by atoms with van der Waals surface area (Å²) in [5.74, 6) is -0.0283. The maximum absolute atomic E-state index is 11.1. The molecule has 104 valence electrons. The molecule has 0 aliphatic heterocycles. The number of primary amides is 1. The average Bonchev–Trinajstić information content (AvgIpc) is 2.32. The molecule has 1 amide bonds. The predicted octanol–water partition coefficient (Wildman–Crippen LogP) is -0.208. The number of carbonyl (C=O) groups excluding carboxylic acids is 1. The van der Waals surface area contributed by atoms with Gasteiger partial charge in [-0.25, -0.2) is 0 Å². The van der Waals surface area contributed by atoms with Crippen molar-refractivity contribution in [2.24, 2.45) is 17.6 Å². The summed E-state index contributed by atoms with van der Waals surface area (Å²) in [7, 11) is 1.60. The summed E-state index contributed by atoms with van der Waals surface area (Å²) < 4.78 is 0. The molecule has 0 aliphatic carbocycles. The lowest BCUT2D eigenvalue weighted by Crippen LogP contribution is -2.45. The molecule has 0 aliphatic rings. The highest BCUT2D eigenvalue weighted by Crippen LogP contribution is 2.14. The standard InChI is InChI=1S/C11H24N6O/c1-4-8(9(12)18)5-7(2)6-16-11(14)17-10(13)15-3/h7-8H,4-6H2,1-3H3,(H2,12,18)(H5,13,14,15,16,17). The van der Waals surface area contributed by atoms with E-state index in [4.69, 9.17) is 16.6 Å². The van der Waals surface area contributed by atoms with Gasteiger partial charge < -0.3 is 16.4 Å². The van der Waals surface area contributed by atoms with E-state index in [9.17, 15) is 4.79 Å². The van der Waals surface area contributed by atoms with Crippen LogP contribution in [-0.2, 0) is 4.79 Å². The van der Waals surface area contributed by atoms with Crippen molar-refractivity contribution in [1.82, 2.24) is 16.0 Å². The number of carbonyl (C=O) groups is 1. The molecular formula is C11H24N6O. The van der Waals surface area contributed by atoms with Crippen LogP contribution >= 0.6 is 0 Å². The molecule has 0 aromatic heterocycles. The van der Waals surface area contributed by atoms with Gasteiger partial charge in [-0.05, 0) is 18.8 Å². The quantitative estimate of drug-likeness (QED) is 0.290. The largest absolute Gasteiger partial charge is 0.369 e. The fraction of sp³-hybridized carbons (Fsp3) is 0.727. The van der Waals surface area contributed by atoms with E-state index in [1.165, 1.54) is 0 Å². The molecule has 7 heteroatoms. The third-order valence-electron chi connectivity index (χ3n) is 2.71. The Morgan fingerprint density at radius 1 is 1.33 bits per heavy atom. The summed E-state index contributed by atoms with van der Waals surface area (Å²) in [6, 6.07) is 0. The first-order valence-corrected chi connectivity index (χ1v) is 6.05. The summed E-state index contributed by atoms with van der Waals surface area (Å²) in [6.45, 7) is 4.50. The van der Waals surface area contributed by atoms with Crippen LogP contribution in [0, 0.1) is 22.7 Å². The smallest absolute Gasteiger partial charge is 0.220 e. The molecular weight excluding hydrogens is 232 g/mol. The van der Waals surface area contributed by atoms with Crippen LogP contribution in [0.25, 0.3) is 0 Å². The van der Waals surface area contributed by atoms with Gasteiger partial charge in [0.1, 0.15) is 0 Å². The van der Waals surface area contributed by atoms with Crippen LogP contribution in [0.1, 0.15) is 26.7 Å². The summed E-state index contributed by atoms with van der Waals surface area (Å²) in [5.41, 5.74) is 5.29. The first kappa shape index (κ1) is 16.2. The number of rotatable bonds is 6. The fourth-order valence-corrected chi connectivity index (χ4v) is 1.56. The van der Waals surface area contributed by atoms with Crippen molar-refractivity contribution in [2.75, 3.05) is 13.6 Å². The third-order valence-corrected chi connectivity index (χ3v) is 2.71. The van der Waals surface area contributed by atoms with Gasteiger partial charge in [0.15, 0.2) is 11.9 Å². The zero-order chi connectivity index (χ0) is 14.1. The SMILES string of the molecule is CCC(CC(C)CNC(=N)NC(=N)NC)C(N)=O. The minimum absolute atomic E-state index is 0.0590. The van der Waals surface area contributed by atoms with E-state index in [0.29, 0.717) is 13.0 Å². The van der Waals surface area contributed by atoms with E-state index in [1.807, 2.05) is 13.8 Å². The Bertz CT molecular complexity index is 304. The van der Waals surface area contributed by atoms with Gasteiger partial charge in [0.2, 0.25) is 5.91 Å². The first-order valence-electron chi connectivity index (χ1n) is 6.05. The second-order valence-corrected chi connectivity index (χ2v) is 4.35. The molecule has 0 radical (unpaired) electrons. The van der Waals surface area contributed by atoms with E-state index in [1.54, 1.807) is 7.05 Å². The van der Waals surface area contributed by atoms with Gasteiger partial charge in [0.25, 0.3) is 0 Å². The van der Waals surface area contributed by atoms with Crippen molar-refractivity contribution in [3.05, 3.63) is 0 Å². The molecule has 0 aromatic rings. The normalized spacial score (nSPS) is 13.3. The molecule has 0 heterocycles. The summed E-state index contributed by atoms with van der Waals surface area (Å²) >= 11 is 0. The van der Waals surface area contributed by atoms with Crippen LogP contribution in [0.5, 0.6) is 0 Å². The number of hydrogen-bond acceptors (Lipinski definition) is 3. The van der Waals surface area contributed by atoms with Crippen LogP contribution in [0.4, 0.5) is 0 Å².